The van der Waals surface area contributed by atoms with Crippen molar-refractivity contribution in [1.82, 2.24) is 0 Å². The van der Waals surface area contributed by atoms with E-state index in [2.05, 4.69) is 0 Å². The van der Waals surface area contributed by atoms with E-state index in [9.17, 15) is 4.79 Å². The molecule has 0 spiro atoms. The van der Waals surface area contributed by atoms with Gasteiger partial charge in [0.2, 0.25) is 0 Å². The van der Waals surface area contributed by atoms with Crippen molar-refractivity contribution in [2.75, 3.05) is 0 Å². The van der Waals surface area contributed by atoms with Gasteiger partial charge in [-0.15, -0.1) is 0 Å². The molecule has 0 aliphatic carbocycles. The predicted octanol–water partition coefficient (Wildman–Crippen LogP) is 4.36. The van der Waals surface area contributed by atoms with Crippen LogP contribution in [0.3, 0.4) is 0 Å². The summed E-state index contributed by atoms with van der Waals surface area (Å²) in [6.07, 6.45) is 0. The molecule has 0 aliphatic rings. The molecule has 100 valence electrons. The molecule has 20 heavy (non-hydrogen) atoms. The third-order valence-corrected chi connectivity index (χ3v) is 2.99. The normalized spacial score (nSPS) is 9.85. The quantitative estimate of drug-likeness (QED) is 0.914. The van der Waals surface area contributed by atoms with E-state index in [0.717, 1.165) is 0 Å². The number of benzene rings is 2. The second-order valence-electron chi connectivity index (χ2n) is 3.80. The number of carboxylic acids is 1. The number of ether oxygens (including phenoxy) is 1. The highest BCUT2D eigenvalue weighted by Gasteiger charge is 2.11. The molecule has 0 amide bonds. The Kier molecular flexibility index (Phi) is 4.14. The third-order valence-electron chi connectivity index (χ3n) is 2.46. The minimum absolute atomic E-state index is 0.0103. The molecule has 4 nitrogen and oxygen atoms in total. The SMILES string of the molecule is N#Cc1cc(C(=O)O)ccc1Oc1ccc(Cl)cc1Cl. The molecule has 0 aliphatic heterocycles. The summed E-state index contributed by atoms with van der Waals surface area (Å²) in [5, 5.41) is 18.7. The van der Waals surface area contributed by atoms with Gasteiger partial charge in [0.1, 0.15) is 17.6 Å². The number of carbonyl (C=O) groups is 1. The maximum Gasteiger partial charge on any atom is 0.335 e. The fourth-order valence-electron chi connectivity index (χ4n) is 1.52. The fraction of sp³-hybridized carbons (Fsp3) is 0. The monoisotopic (exact) mass is 307 g/mol. The van der Waals surface area contributed by atoms with Crippen LogP contribution in [0.1, 0.15) is 15.9 Å². The highest BCUT2D eigenvalue weighted by Crippen LogP contribution is 2.33. The molecule has 0 heterocycles. The molecule has 0 aromatic heterocycles. The first-order valence-electron chi connectivity index (χ1n) is 5.41. The maximum absolute atomic E-state index is 10.8. The first-order chi connectivity index (χ1) is 9.51. The molecule has 2 aromatic carbocycles. The molecule has 0 saturated carbocycles. The Morgan fingerprint density at radius 3 is 2.45 bits per heavy atom. The zero-order valence-corrected chi connectivity index (χ0v) is 11.4. The van der Waals surface area contributed by atoms with Gasteiger partial charge in [-0.25, -0.2) is 4.79 Å². The first-order valence-corrected chi connectivity index (χ1v) is 6.17. The van der Waals surface area contributed by atoms with Gasteiger partial charge in [0.25, 0.3) is 0 Å². The molecular weight excluding hydrogens is 301 g/mol. The summed E-state index contributed by atoms with van der Waals surface area (Å²) in [6, 6.07) is 10.6. The Morgan fingerprint density at radius 2 is 1.85 bits per heavy atom. The largest absolute Gasteiger partial charge is 0.478 e. The van der Waals surface area contributed by atoms with E-state index >= 15 is 0 Å². The van der Waals surface area contributed by atoms with Gasteiger partial charge in [0.05, 0.1) is 16.1 Å². The lowest BCUT2D eigenvalue weighted by atomic mass is 10.1. The average molecular weight is 308 g/mol. The maximum atomic E-state index is 10.8. The fourth-order valence-corrected chi connectivity index (χ4v) is 1.96. The van der Waals surface area contributed by atoms with E-state index in [1.807, 2.05) is 6.07 Å². The molecule has 0 radical (unpaired) electrons. The summed E-state index contributed by atoms with van der Waals surface area (Å²) in [6.45, 7) is 0. The summed E-state index contributed by atoms with van der Waals surface area (Å²) in [7, 11) is 0. The smallest absolute Gasteiger partial charge is 0.335 e. The van der Waals surface area contributed by atoms with Crippen LogP contribution in [-0.4, -0.2) is 11.1 Å². The molecule has 0 bridgehead atoms. The number of hydrogen-bond acceptors (Lipinski definition) is 3. The molecular formula is C14H7Cl2NO3. The summed E-state index contributed by atoms with van der Waals surface area (Å²) in [5.41, 5.74) is 0.118. The van der Waals surface area contributed by atoms with Gasteiger partial charge in [0.15, 0.2) is 0 Å². The minimum Gasteiger partial charge on any atom is -0.478 e. The van der Waals surface area contributed by atoms with Gasteiger partial charge in [-0.3, -0.25) is 0 Å². The Balaban J connectivity index is 2.39. The van der Waals surface area contributed by atoms with Crippen LogP contribution in [0.5, 0.6) is 11.5 Å². The Labute approximate surface area is 124 Å². The number of rotatable bonds is 3. The van der Waals surface area contributed by atoms with E-state index in [-0.39, 0.29) is 16.9 Å². The van der Waals surface area contributed by atoms with Crippen LogP contribution < -0.4 is 4.74 Å². The lowest BCUT2D eigenvalue weighted by Crippen LogP contribution is -1.98. The van der Waals surface area contributed by atoms with Crippen LogP contribution in [0, 0.1) is 11.3 Å². The Morgan fingerprint density at radius 1 is 1.15 bits per heavy atom. The second-order valence-corrected chi connectivity index (χ2v) is 4.65. The summed E-state index contributed by atoms with van der Waals surface area (Å²) in [5.74, 6) is -0.560. The third kappa shape index (κ3) is 3.02. The molecule has 0 atom stereocenters. The number of nitriles is 1. The van der Waals surface area contributed by atoms with Gasteiger partial charge < -0.3 is 9.84 Å². The molecule has 0 fully saturated rings. The Hall–Kier alpha value is -2.22. The van der Waals surface area contributed by atoms with Crippen molar-refractivity contribution in [3.8, 4) is 17.6 Å². The zero-order valence-electron chi connectivity index (χ0n) is 9.93. The van der Waals surface area contributed by atoms with Crippen LogP contribution in [0.15, 0.2) is 36.4 Å². The van der Waals surface area contributed by atoms with Crippen molar-refractivity contribution < 1.29 is 14.6 Å². The van der Waals surface area contributed by atoms with Crippen molar-refractivity contribution in [2.45, 2.75) is 0 Å². The highest BCUT2D eigenvalue weighted by molar-refractivity contribution is 6.35. The van der Waals surface area contributed by atoms with Crippen molar-refractivity contribution in [1.29, 1.82) is 5.26 Å². The first kappa shape index (κ1) is 14.2. The van der Waals surface area contributed by atoms with Crippen molar-refractivity contribution in [2.24, 2.45) is 0 Å². The highest BCUT2D eigenvalue weighted by atomic mass is 35.5. The number of carboxylic acid groups (broad SMARTS) is 1. The molecule has 2 rings (SSSR count). The molecule has 1 N–H and O–H groups in total. The van der Waals surface area contributed by atoms with E-state index in [0.29, 0.717) is 15.8 Å². The van der Waals surface area contributed by atoms with E-state index in [1.54, 1.807) is 12.1 Å². The van der Waals surface area contributed by atoms with Gasteiger partial charge in [-0.05, 0) is 36.4 Å². The van der Waals surface area contributed by atoms with Crippen molar-refractivity contribution in [3.05, 3.63) is 57.6 Å². The molecule has 2 aromatic rings. The summed E-state index contributed by atoms with van der Waals surface area (Å²) < 4.78 is 5.51. The summed E-state index contributed by atoms with van der Waals surface area (Å²) >= 11 is 11.7. The van der Waals surface area contributed by atoms with Crippen LogP contribution in [-0.2, 0) is 0 Å². The topological polar surface area (TPSA) is 70.3 Å². The number of aromatic carboxylic acids is 1. The number of nitrogens with zero attached hydrogens (tertiary/aromatic N) is 1. The molecule has 0 saturated heterocycles. The zero-order chi connectivity index (χ0) is 14.7. The second kappa shape index (κ2) is 5.83. The lowest BCUT2D eigenvalue weighted by Gasteiger charge is -2.09. The molecule has 0 unspecified atom stereocenters. The lowest BCUT2D eigenvalue weighted by molar-refractivity contribution is 0.0697. The summed E-state index contributed by atoms with van der Waals surface area (Å²) in [4.78, 5) is 10.8. The van der Waals surface area contributed by atoms with E-state index in [1.165, 1.54) is 24.3 Å². The number of hydrogen-bond donors (Lipinski definition) is 1. The minimum atomic E-state index is -1.11. The molecule has 6 heteroatoms. The number of halogens is 2. The van der Waals surface area contributed by atoms with Crippen molar-refractivity contribution in [3.63, 3.8) is 0 Å². The van der Waals surface area contributed by atoms with Crippen molar-refractivity contribution >= 4 is 29.2 Å². The van der Waals surface area contributed by atoms with Crippen LogP contribution >= 0.6 is 23.2 Å². The van der Waals surface area contributed by atoms with Gasteiger partial charge in [-0.2, -0.15) is 5.26 Å². The van der Waals surface area contributed by atoms with E-state index in [4.69, 9.17) is 38.3 Å². The van der Waals surface area contributed by atoms with Crippen LogP contribution in [0.2, 0.25) is 10.0 Å². The van der Waals surface area contributed by atoms with Gasteiger partial charge in [-0.1, -0.05) is 23.2 Å². The Bertz CT molecular complexity index is 723. The van der Waals surface area contributed by atoms with Crippen LogP contribution in [0.4, 0.5) is 0 Å². The predicted molar refractivity (Wildman–Crippen MR) is 74.7 cm³/mol. The standard InChI is InChI=1S/C14H7Cl2NO3/c15-10-2-4-13(11(16)6-10)20-12-3-1-8(14(18)19)5-9(12)7-17/h1-6H,(H,18,19). The van der Waals surface area contributed by atoms with Gasteiger partial charge in [0, 0.05) is 5.02 Å². The average Bonchev–Trinajstić information content (AvgIpc) is 2.42. The van der Waals surface area contributed by atoms with E-state index < -0.39 is 5.97 Å². The van der Waals surface area contributed by atoms with Crippen LogP contribution in [0.25, 0.3) is 0 Å². The van der Waals surface area contributed by atoms with Gasteiger partial charge >= 0.3 is 5.97 Å².